The van der Waals surface area contributed by atoms with E-state index in [1.807, 2.05) is 30.6 Å². The normalized spacial score (nSPS) is 18.3. The van der Waals surface area contributed by atoms with Crippen LogP contribution < -0.4 is 10.5 Å². The third-order valence-corrected chi connectivity index (χ3v) is 4.48. The van der Waals surface area contributed by atoms with E-state index in [2.05, 4.69) is 0 Å². The van der Waals surface area contributed by atoms with Crippen molar-refractivity contribution in [1.82, 2.24) is 4.90 Å². The van der Waals surface area contributed by atoms with Gasteiger partial charge in [0.15, 0.2) is 0 Å². The summed E-state index contributed by atoms with van der Waals surface area (Å²) >= 11 is 1.90. The van der Waals surface area contributed by atoms with Crippen molar-refractivity contribution in [3.05, 3.63) is 23.8 Å². The zero-order valence-corrected chi connectivity index (χ0v) is 12.2. The first-order chi connectivity index (χ1) is 9.13. The molecule has 0 saturated carbocycles. The van der Waals surface area contributed by atoms with E-state index in [1.54, 1.807) is 18.2 Å². The molecule has 1 heterocycles. The van der Waals surface area contributed by atoms with E-state index in [1.165, 1.54) is 0 Å². The van der Waals surface area contributed by atoms with E-state index in [9.17, 15) is 4.79 Å². The minimum absolute atomic E-state index is 0.0299. The van der Waals surface area contributed by atoms with E-state index in [0.29, 0.717) is 29.6 Å². The summed E-state index contributed by atoms with van der Waals surface area (Å²) in [6.07, 6.45) is 1.07. The number of thioether (sulfide) groups is 1. The molecule has 4 nitrogen and oxygen atoms in total. The third-order valence-electron chi connectivity index (χ3n) is 3.33. The average molecular weight is 280 g/mol. The van der Waals surface area contributed by atoms with Crippen molar-refractivity contribution < 1.29 is 9.53 Å². The number of carbonyl (C=O) groups is 1. The molecule has 1 aromatic rings. The molecular weight excluding hydrogens is 260 g/mol. The summed E-state index contributed by atoms with van der Waals surface area (Å²) in [4.78, 5) is 14.2. The second-order valence-electron chi connectivity index (χ2n) is 4.62. The van der Waals surface area contributed by atoms with Crippen molar-refractivity contribution in [3.8, 4) is 5.75 Å². The van der Waals surface area contributed by atoms with Gasteiger partial charge in [0.05, 0.1) is 12.3 Å². The zero-order chi connectivity index (χ0) is 13.8. The van der Waals surface area contributed by atoms with Crippen molar-refractivity contribution in [2.45, 2.75) is 19.4 Å². The molecule has 0 aromatic heterocycles. The number of nitrogen functional groups attached to an aromatic ring is 1. The van der Waals surface area contributed by atoms with E-state index in [0.717, 1.165) is 17.9 Å². The summed E-state index contributed by atoms with van der Waals surface area (Å²) in [6, 6.07) is 5.59. The number of benzene rings is 1. The van der Waals surface area contributed by atoms with Crippen LogP contribution in [-0.2, 0) is 0 Å². The Bertz CT molecular complexity index is 459. The standard InChI is InChI=1S/C14H20N2O2S/c1-3-18-13-5-4-10(8-12(13)15)14(17)16(2)11-6-7-19-9-11/h4-5,8,11H,3,6-7,9,15H2,1-2H3. The maximum atomic E-state index is 12.4. The molecule has 0 radical (unpaired) electrons. The molecule has 1 fully saturated rings. The first kappa shape index (κ1) is 14.1. The predicted octanol–water partition coefficient (Wildman–Crippen LogP) is 2.25. The van der Waals surface area contributed by atoms with Crippen LogP contribution in [0.25, 0.3) is 0 Å². The van der Waals surface area contributed by atoms with Gasteiger partial charge in [-0.25, -0.2) is 0 Å². The summed E-state index contributed by atoms with van der Waals surface area (Å²) in [6.45, 7) is 2.47. The number of hydrogen-bond acceptors (Lipinski definition) is 4. The van der Waals surface area contributed by atoms with Crippen LogP contribution in [0, 0.1) is 0 Å². The van der Waals surface area contributed by atoms with Crippen molar-refractivity contribution in [2.75, 3.05) is 30.9 Å². The Kier molecular flexibility index (Phi) is 4.58. The van der Waals surface area contributed by atoms with Gasteiger partial charge in [0.1, 0.15) is 5.75 Å². The second kappa shape index (κ2) is 6.19. The van der Waals surface area contributed by atoms with E-state index in [4.69, 9.17) is 10.5 Å². The third kappa shape index (κ3) is 3.15. The number of anilines is 1. The zero-order valence-electron chi connectivity index (χ0n) is 11.4. The lowest BCUT2D eigenvalue weighted by atomic mass is 10.1. The van der Waals surface area contributed by atoms with Gasteiger partial charge >= 0.3 is 0 Å². The smallest absolute Gasteiger partial charge is 0.253 e. The maximum Gasteiger partial charge on any atom is 0.253 e. The van der Waals surface area contributed by atoms with Gasteiger partial charge < -0.3 is 15.4 Å². The summed E-state index contributed by atoms with van der Waals surface area (Å²) in [7, 11) is 1.87. The Balaban J connectivity index is 2.12. The lowest BCUT2D eigenvalue weighted by Gasteiger charge is -2.24. The fourth-order valence-corrected chi connectivity index (χ4v) is 3.43. The lowest BCUT2D eigenvalue weighted by Crippen LogP contribution is -2.36. The largest absolute Gasteiger partial charge is 0.492 e. The second-order valence-corrected chi connectivity index (χ2v) is 5.77. The molecule has 1 aliphatic heterocycles. The molecule has 1 amide bonds. The van der Waals surface area contributed by atoms with E-state index < -0.39 is 0 Å². The number of nitrogens with two attached hydrogens (primary N) is 1. The van der Waals surface area contributed by atoms with Gasteiger partial charge in [-0.1, -0.05) is 0 Å². The van der Waals surface area contributed by atoms with E-state index >= 15 is 0 Å². The highest BCUT2D eigenvalue weighted by Crippen LogP contribution is 2.26. The molecule has 0 spiro atoms. The molecule has 104 valence electrons. The molecule has 1 aromatic carbocycles. The Morgan fingerprint density at radius 2 is 2.37 bits per heavy atom. The molecule has 1 unspecified atom stereocenters. The monoisotopic (exact) mass is 280 g/mol. The Hall–Kier alpha value is -1.36. The van der Waals surface area contributed by atoms with Crippen molar-refractivity contribution in [3.63, 3.8) is 0 Å². The minimum Gasteiger partial charge on any atom is -0.492 e. The van der Waals surface area contributed by atoms with Crippen LogP contribution in [-0.4, -0.2) is 42.0 Å². The molecule has 2 N–H and O–H groups in total. The van der Waals surface area contributed by atoms with Gasteiger partial charge in [0, 0.05) is 24.4 Å². The molecule has 0 aliphatic carbocycles. The van der Waals surface area contributed by atoms with Crippen molar-refractivity contribution in [1.29, 1.82) is 0 Å². The van der Waals surface area contributed by atoms with E-state index in [-0.39, 0.29) is 5.91 Å². The van der Waals surface area contributed by atoms with Crippen LogP contribution >= 0.6 is 11.8 Å². The van der Waals surface area contributed by atoms with Crippen LogP contribution in [0.3, 0.4) is 0 Å². The molecule has 5 heteroatoms. The van der Waals surface area contributed by atoms with Crippen LogP contribution in [0.5, 0.6) is 5.75 Å². The molecule has 19 heavy (non-hydrogen) atoms. The number of ether oxygens (including phenoxy) is 1. The molecule has 0 bridgehead atoms. The Morgan fingerprint density at radius 3 is 2.95 bits per heavy atom. The topological polar surface area (TPSA) is 55.6 Å². The summed E-state index contributed by atoms with van der Waals surface area (Å²) in [5, 5.41) is 0. The lowest BCUT2D eigenvalue weighted by molar-refractivity contribution is 0.0748. The van der Waals surface area contributed by atoms with Gasteiger partial charge in [0.2, 0.25) is 0 Å². The first-order valence-corrected chi connectivity index (χ1v) is 7.66. The van der Waals surface area contributed by atoms with Gasteiger partial charge in [-0.15, -0.1) is 0 Å². The van der Waals surface area contributed by atoms with Gasteiger partial charge in [-0.05, 0) is 37.3 Å². The molecule has 1 atom stereocenters. The van der Waals surface area contributed by atoms with Gasteiger partial charge in [0.25, 0.3) is 5.91 Å². The molecule has 1 saturated heterocycles. The van der Waals surface area contributed by atoms with Crippen LogP contribution in [0.4, 0.5) is 5.69 Å². The fraction of sp³-hybridized carbons (Fsp3) is 0.500. The highest BCUT2D eigenvalue weighted by atomic mass is 32.2. The number of hydrogen-bond donors (Lipinski definition) is 1. The number of nitrogens with zero attached hydrogens (tertiary/aromatic N) is 1. The molecule has 2 rings (SSSR count). The first-order valence-electron chi connectivity index (χ1n) is 6.50. The van der Waals surface area contributed by atoms with Gasteiger partial charge in [-0.2, -0.15) is 11.8 Å². The maximum absolute atomic E-state index is 12.4. The average Bonchev–Trinajstić information content (AvgIpc) is 2.93. The SMILES string of the molecule is CCOc1ccc(C(=O)N(C)C2CCSC2)cc1N. The van der Waals surface area contributed by atoms with Crippen molar-refractivity contribution >= 4 is 23.4 Å². The van der Waals surface area contributed by atoms with Crippen molar-refractivity contribution in [2.24, 2.45) is 0 Å². The Labute approximate surface area is 118 Å². The highest BCUT2D eigenvalue weighted by Gasteiger charge is 2.24. The van der Waals surface area contributed by atoms with Crippen LogP contribution in [0.1, 0.15) is 23.7 Å². The van der Waals surface area contributed by atoms with Crippen LogP contribution in [0.2, 0.25) is 0 Å². The number of amides is 1. The minimum atomic E-state index is 0.0299. The molecule has 1 aliphatic rings. The summed E-state index contributed by atoms with van der Waals surface area (Å²) in [5.74, 6) is 2.82. The molecular formula is C14H20N2O2S. The predicted molar refractivity (Wildman–Crippen MR) is 79.8 cm³/mol. The summed E-state index contributed by atoms with van der Waals surface area (Å²) < 4.78 is 5.38. The fourth-order valence-electron chi connectivity index (χ4n) is 2.17. The summed E-state index contributed by atoms with van der Waals surface area (Å²) in [5.41, 5.74) is 7.04. The highest BCUT2D eigenvalue weighted by molar-refractivity contribution is 7.99. The van der Waals surface area contributed by atoms with Gasteiger partial charge in [-0.3, -0.25) is 4.79 Å². The Morgan fingerprint density at radius 1 is 1.58 bits per heavy atom. The van der Waals surface area contributed by atoms with Crippen LogP contribution in [0.15, 0.2) is 18.2 Å². The quantitative estimate of drug-likeness (QED) is 0.859. The number of carbonyl (C=O) groups excluding carboxylic acids is 1. The number of rotatable bonds is 4.